The Hall–Kier alpha value is -3.02. The number of hydrogen-bond acceptors (Lipinski definition) is 4. The van der Waals surface area contributed by atoms with Crippen molar-refractivity contribution in [1.82, 2.24) is 5.32 Å². The van der Waals surface area contributed by atoms with Gasteiger partial charge in [-0.1, -0.05) is 47.6 Å². The van der Waals surface area contributed by atoms with E-state index >= 15 is 0 Å². The largest absolute Gasteiger partial charge is 0.497 e. The van der Waals surface area contributed by atoms with E-state index in [1.807, 2.05) is 54.6 Å². The third kappa shape index (κ3) is 5.81. The van der Waals surface area contributed by atoms with Gasteiger partial charge in [0.15, 0.2) is 0 Å². The minimum atomic E-state index is -0.868. The van der Waals surface area contributed by atoms with Crippen molar-refractivity contribution in [2.45, 2.75) is 24.9 Å². The number of aliphatic hydroxyl groups is 1. The molecule has 0 aliphatic rings. The lowest BCUT2D eigenvalue weighted by Crippen LogP contribution is -2.44. The first-order chi connectivity index (χ1) is 12.7. The van der Waals surface area contributed by atoms with E-state index in [0.717, 1.165) is 16.9 Å². The number of hydrogen-bond donors (Lipinski definition) is 2. The van der Waals surface area contributed by atoms with Crippen LogP contribution in [0.4, 0.5) is 0 Å². The third-order valence-corrected chi connectivity index (χ3v) is 3.97. The van der Waals surface area contributed by atoms with Crippen molar-refractivity contribution in [2.75, 3.05) is 13.7 Å². The number of nitrogens with one attached hydrogen (secondary N) is 1. The summed E-state index contributed by atoms with van der Waals surface area (Å²) in [7, 11) is 1.59. The van der Waals surface area contributed by atoms with Gasteiger partial charge in [-0.15, -0.1) is 0 Å². The fourth-order valence-electron chi connectivity index (χ4n) is 2.59. The van der Waals surface area contributed by atoms with Crippen LogP contribution in [0.5, 0.6) is 5.75 Å². The molecule has 0 aliphatic carbocycles. The highest BCUT2D eigenvalue weighted by molar-refractivity contribution is 5.82. The van der Waals surface area contributed by atoms with E-state index in [-0.39, 0.29) is 6.61 Å². The topological polar surface area (TPSA) is 107 Å². The van der Waals surface area contributed by atoms with Crippen LogP contribution < -0.4 is 10.1 Å². The number of amides is 1. The molecule has 7 heteroatoms. The first-order valence-corrected chi connectivity index (χ1v) is 8.28. The molecular weight excluding hydrogens is 332 g/mol. The molecule has 2 aromatic rings. The van der Waals surface area contributed by atoms with Crippen LogP contribution in [-0.2, 0) is 17.6 Å². The molecule has 0 radical (unpaired) electrons. The summed E-state index contributed by atoms with van der Waals surface area (Å²) in [6, 6.07) is 15.4. The molecule has 26 heavy (non-hydrogen) atoms. The molecule has 2 atom stereocenters. The molecule has 0 saturated carbocycles. The molecule has 0 fully saturated rings. The van der Waals surface area contributed by atoms with Gasteiger partial charge >= 0.3 is 0 Å². The van der Waals surface area contributed by atoms with Crippen LogP contribution in [0.2, 0.25) is 0 Å². The predicted octanol–water partition coefficient (Wildman–Crippen LogP) is 2.64. The van der Waals surface area contributed by atoms with Crippen molar-refractivity contribution < 1.29 is 14.6 Å². The smallest absolute Gasteiger partial charge is 0.229 e. The molecule has 7 nitrogen and oxygen atoms in total. The van der Waals surface area contributed by atoms with E-state index in [0.29, 0.717) is 12.8 Å². The van der Waals surface area contributed by atoms with Gasteiger partial charge in [0.05, 0.1) is 19.8 Å². The van der Waals surface area contributed by atoms with Gasteiger partial charge in [-0.3, -0.25) is 4.79 Å². The summed E-state index contributed by atoms with van der Waals surface area (Å²) in [5.74, 6) is 0.337. The lowest BCUT2D eigenvalue weighted by atomic mass is 10.0. The molecule has 0 bridgehead atoms. The molecule has 2 aromatic carbocycles. The highest BCUT2D eigenvalue weighted by atomic mass is 16.5. The number of carbonyl (C=O) groups excluding carboxylic acids is 1. The normalized spacial score (nSPS) is 12.5. The summed E-state index contributed by atoms with van der Waals surface area (Å²) in [6.07, 6.45) is 0.762. The Morgan fingerprint density at radius 3 is 2.38 bits per heavy atom. The summed E-state index contributed by atoms with van der Waals surface area (Å²) in [4.78, 5) is 15.3. The highest BCUT2D eigenvalue weighted by Crippen LogP contribution is 2.13. The zero-order valence-electron chi connectivity index (χ0n) is 14.6. The fourth-order valence-corrected chi connectivity index (χ4v) is 2.59. The predicted molar refractivity (Wildman–Crippen MR) is 98.8 cm³/mol. The number of nitrogens with zero attached hydrogens (tertiary/aromatic N) is 3. The first kappa shape index (κ1) is 19.3. The van der Waals surface area contributed by atoms with Gasteiger partial charge in [0.25, 0.3) is 0 Å². The minimum Gasteiger partial charge on any atom is -0.497 e. The second-order valence-electron chi connectivity index (χ2n) is 5.85. The van der Waals surface area contributed by atoms with E-state index in [1.165, 1.54) is 0 Å². The number of azide groups is 1. The van der Waals surface area contributed by atoms with Crippen LogP contribution in [0.3, 0.4) is 0 Å². The maximum absolute atomic E-state index is 12.5. The average molecular weight is 354 g/mol. The van der Waals surface area contributed by atoms with Gasteiger partial charge < -0.3 is 15.2 Å². The van der Waals surface area contributed by atoms with E-state index in [4.69, 9.17) is 10.3 Å². The number of aliphatic hydroxyl groups excluding tert-OH is 1. The maximum atomic E-state index is 12.5. The number of ether oxygens (including phenoxy) is 1. The van der Waals surface area contributed by atoms with Crippen LogP contribution in [0.25, 0.3) is 10.4 Å². The van der Waals surface area contributed by atoms with E-state index < -0.39 is 18.0 Å². The summed E-state index contributed by atoms with van der Waals surface area (Å²) >= 11 is 0. The molecule has 1 amide bonds. The van der Waals surface area contributed by atoms with Gasteiger partial charge in [0.2, 0.25) is 5.91 Å². The lowest BCUT2D eigenvalue weighted by molar-refractivity contribution is -0.123. The van der Waals surface area contributed by atoms with Crippen molar-refractivity contribution in [2.24, 2.45) is 5.11 Å². The zero-order valence-corrected chi connectivity index (χ0v) is 14.6. The van der Waals surface area contributed by atoms with Gasteiger partial charge in [0, 0.05) is 4.91 Å². The molecule has 2 rings (SSSR count). The van der Waals surface area contributed by atoms with Crippen LogP contribution in [0.1, 0.15) is 11.1 Å². The Morgan fingerprint density at radius 1 is 1.15 bits per heavy atom. The summed E-state index contributed by atoms with van der Waals surface area (Å²) in [5.41, 5.74) is 10.6. The van der Waals surface area contributed by atoms with Crippen molar-refractivity contribution in [3.63, 3.8) is 0 Å². The van der Waals surface area contributed by atoms with Crippen molar-refractivity contribution in [3.8, 4) is 5.75 Å². The molecule has 136 valence electrons. The van der Waals surface area contributed by atoms with Gasteiger partial charge in [-0.05, 0) is 41.6 Å². The SMILES string of the molecule is COc1ccc(C[C@@H](CO)NC(=O)[C@@H](Cc2ccccc2)N=[N+]=[N-])cc1. The van der Waals surface area contributed by atoms with Gasteiger partial charge in [-0.25, -0.2) is 0 Å². The second kappa shape index (κ2) is 10.1. The third-order valence-electron chi connectivity index (χ3n) is 3.97. The van der Waals surface area contributed by atoms with Crippen LogP contribution in [-0.4, -0.2) is 36.8 Å². The summed E-state index contributed by atoms with van der Waals surface area (Å²) in [6.45, 7) is -0.216. The van der Waals surface area contributed by atoms with Crippen LogP contribution in [0.15, 0.2) is 59.7 Å². The van der Waals surface area contributed by atoms with Crippen LogP contribution >= 0.6 is 0 Å². The lowest BCUT2D eigenvalue weighted by Gasteiger charge is -2.19. The number of methoxy groups -OCH3 is 1. The molecule has 0 aliphatic heterocycles. The molecule has 0 spiro atoms. The molecular formula is C19H22N4O3. The Morgan fingerprint density at radius 2 is 1.81 bits per heavy atom. The number of carbonyl (C=O) groups is 1. The first-order valence-electron chi connectivity index (χ1n) is 8.28. The molecule has 0 aromatic heterocycles. The highest BCUT2D eigenvalue weighted by Gasteiger charge is 2.21. The van der Waals surface area contributed by atoms with E-state index in [2.05, 4.69) is 15.3 Å². The molecule has 0 unspecified atom stereocenters. The Labute approximate surface area is 152 Å². The van der Waals surface area contributed by atoms with Gasteiger partial charge in [-0.2, -0.15) is 0 Å². The molecule has 0 heterocycles. The Balaban J connectivity index is 2.01. The Kier molecular flexibility index (Phi) is 7.49. The van der Waals surface area contributed by atoms with Crippen LogP contribution in [0, 0.1) is 0 Å². The van der Waals surface area contributed by atoms with E-state index in [1.54, 1.807) is 7.11 Å². The summed E-state index contributed by atoms with van der Waals surface area (Å²) < 4.78 is 5.11. The standard InChI is InChI=1S/C19H22N4O3/c1-26-17-9-7-15(8-10-17)11-16(13-24)21-19(25)18(22-23-20)12-14-5-3-2-4-6-14/h2-10,16,18,24H,11-13H2,1H3,(H,21,25)/t16-,18+/m0/s1. The second-order valence-corrected chi connectivity index (χ2v) is 5.85. The molecule has 2 N–H and O–H groups in total. The quantitative estimate of drug-likeness (QED) is 0.410. The summed E-state index contributed by atoms with van der Waals surface area (Å²) in [5, 5.41) is 16.0. The van der Waals surface area contributed by atoms with Crippen molar-refractivity contribution >= 4 is 5.91 Å². The maximum Gasteiger partial charge on any atom is 0.229 e. The fraction of sp³-hybridized carbons (Fsp3) is 0.316. The number of rotatable bonds is 9. The van der Waals surface area contributed by atoms with Gasteiger partial charge in [0.1, 0.15) is 11.8 Å². The monoisotopic (exact) mass is 354 g/mol. The van der Waals surface area contributed by atoms with Crippen molar-refractivity contribution in [3.05, 3.63) is 76.2 Å². The average Bonchev–Trinajstić information content (AvgIpc) is 2.68. The minimum absolute atomic E-state index is 0.216. The number of benzene rings is 2. The Bertz CT molecular complexity index is 743. The molecule has 0 saturated heterocycles. The zero-order chi connectivity index (χ0) is 18.8. The van der Waals surface area contributed by atoms with Crippen molar-refractivity contribution in [1.29, 1.82) is 0 Å². The van der Waals surface area contributed by atoms with E-state index in [9.17, 15) is 9.90 Å².